The van der Waals surface area contributed by atoms with E-state index in [9.17, 15) is 9.90 Å². The number of nitrogens with one attached hydrogen (secondary N) is 1. The molecule has 150 valence electrons. The normalized spacial score (nSPS) is 24.3. The van der Waals surface area contributed by atoms with Gasteiger partial charge in [0.15, 0.2) is 0 Å². The van der Waals surface area contributed by atoms with Gasteiger partial charge in [0, 0.05) is 25.2 Å². The lowest BCUT2D eigenvalue weighted by Crippen LogP contribution is -2.41. The zero-order valence-corrected chi connectivity index (χ0v) is 16.1. The SMILES string of the molecule is O=C(c1cc2c([nH]1)CCOC2)N1CCCC(n2cc(C3(O)CCCC3)nn2)C1. The van der Waals surface area contributed by atoms with Gasteiger partial charge in [-0.2, -0.15) is 0 Å². The Morgan fingerprint density at radius 2 is 2.18 bits per heavy atom. The van der Waals surface area contributed by atoms with E-state index in [0.717, 1.165) is 62.7 Å². The summed E-state index contributed by atoms with van der Waals surface area (Å²) in [6, 6.07) is 2.03. The van der Waals surface area contributed by atoms with Crippen molar-refractivity contribution in [3.8, 4) is 0 Å². The van der Waals surface area contributed by atoms with Gasteiger partial charge in [0.25, 0.3) is 5.91 Å². The Morgan fingerprint density at radius 1 is 1.32 bits per heavy atom. The minimum absolute atomic E-state index is 0.0360. The Labute approximate surface area is 163 Å². The number of hydrogen-bond donors (Lipinski definition) is 2. The topological polar surface area (TPSA) is 96.3 Å². The summed E-state index contributed by atoms with van der Waals surface area (Å²) in [6.07, 6.45) is 8.16. The van der Waals surface area contributed by atoms with E-state index in [1.54, 1.807) is 0 Å². The molecule has 1 amide bonds. The summed E-state index contributed by atoms with van der Waals surface area (Å²) in [5, 5.41) is 19.3. The van der Waals surface area contributed by atoms with Crippen LogP contribution in [0.15, 0.2) is 12.3 Å². The standard InChI is InChI=1S/C20H27N5O3/c26-19(17-10-14-13-28-9-5-16(14)21-17)24-8-3-4-15(11-24)25-12-18(22-23-25)20(27)6-1-2-7-20/h10,12,15,21,27H,1-9,11,13H2. The number of aromatic nitrogens is 4. The average molecular weight is 385 g/mol. The highest BCUT2D eigenvalue weighted by molar-refractivity contribution is 5.93. The molecule has 8 heteroatoms. The summed E-state index contributed by atoms with van der Waals surface area (Å²) in [4.78, 5) is 18.2. The van der Waals surface area contributed by atoms with Crippen molar-refractivity contribution < 1.29 is 14.6 Å². The summed E-state index contributed by atoms with van der Waals surface area (Å²) in [6.45, 7) is 2.64. The average Bonchev–Trinajstić information content (AvgIpc) is 3.46. The van der Waals surface area contributed by atoms with Crippen LogP contribution in [-0.2, 0) is 23.4 Å². The Morgan fingerprint density at radius 3 is 3.00 bits per heavy atom. The van der Waals surface area contributed by atoms with E-state index in [4.69, 9.17) is 4.74 Å². The van der Waals surface area contributed by atoms with Gasteiger partial charge in [-0.3, -0.25) is 4.79 Å². The van der Waals surface area contributed by atoms with Crippen molar-refractivity contribution in [2.45, 2.75) is 63.2 Å². The molecular formula is C20H27N5O3. The van der Waals surface area contributed by atoms with Crippen LogP contribution in [0.4, 0.5) is 0 Å². The lowest BCUT2D eigenvalue weighted by molar-refractivity contribution is 0.0397. The highest BCUT2D eigenvalue weighted by Crippen LogP contribution is 2.37. The number of ether oxygens (including phenoxy) is 1. The fraction of sp³-hybridized carbons (Fsp3) is 0.650. The third-order valence-corrected chi connectivity index (χ3v) is 6.45. The molecule has 2 aromatic rings. The number of likely N-dealkylation sites (tertiary alicyclic amines) is 1. The molecule has 8 nitrogen and oxygen atoms in total. The molecule has 4 heterocycles. The van der Waals surface area contributed by atoms with Crippen LogP contribution < -0.4 is 0 Å². The van der Waals surface area contributed by atoms with Crippen molar-refractivity contribution in [2.24, 2.45) is 0 Å². The van der Waals surface area contributed by atoms with Crippen molar-refractivity contribution >= 4 is 5.91 Å². The number of carbonyl (C=O) groups excluding carboxylic acids is 1. The maximum absolute atomic E-state index is 13.0. The predicted molar refractivity (Wildman–Crippen MR) is 101 cm³/mol. The Hall–Kier alpha value is -2.19. The number of fused-ring (bicyclic) bond motifs is 1. The van der Waals surface area contributed by atoms with Crippen LogP contribution >= 0.6 is 0 Å². The van der Waals surface area contributed by atoms with Crippen LogP contribution in [0.25, 0.3) is 0 Å². The summed E-state index contributed by atoms with van der Waals surface area (Å²) in [5.41, 5.74) is 2.71. The summed E-state index contributed by atoms with van der Waals surface area (Å²) < 4.78 is 7.32. The number of nitrogens with zero attached hydrogens (tertiary/aromatic N) is 4. The number of aliphatic hydroxyl groups is 1. The second-order valence-corrected chi connectivity index (χ2v) is 8.36. The second kappa shape index (κ2) is 7.00. The number of rotatable bonds is 3. The van der Waals surface area contributed by atoms with E-state index in [0.29, 0.717) is 31.1 Å². The van der Waals surface area contributed by atoms with Crippen molar-refractivity contribution in [3.05, 3.63) is 34.9 Å². The van der Waals surface area contributed by atoms with Crippen molar-refractivity contribution in [2.75, 3.05) is 19.7 Å². The van der Waals surface area contributed by atoms with Gasteiger partial charge in [0.05, 0.1) is 25.5 Å². The van der Waals surface area contributed by atoms with Crippen LogP contribution in [0.2, 0.25) is 0 Å². The molecule has 5 rings (SSSR count). The lowest BCUT2D eigenvalue weighted by Gasteiger charge is -2.32. The predicted octanol–water partition coefficient (Wildman–Crippen LogP) is 1.92. The second-order valence-electron chi connectivity index (χ2n) is 8.36. The number of hydrogen-bond acceptors (Lipinski definition) is 5. The molecule has 2 aliphatic heterocycles. The van der Waals surface area contributed by atoms with E-state index in [1.165, 1.54) is 0 Å². The van der Waals surface area contributed by atoms with Crippen LogP contribution in [0, 0.1) is 0 Å². The first-order valence-corrected chi connectivity index (χ1v) is 10.3. The summed E-state index contributed by atoms with van der Waals surface area (Å²) in [7, 11) is 0. The van der Waals surface area contributed by atoms with E-state index in [2.05, 4.69) is 15.3 Å². The van der Waals surface area contributed by atoms with Gasteiger partial charge in [-0.15, -0.1) is 5.10 Å². The van der Waals surface area contributed by atoms with E-state index in [-0.39, 0.29) is 11.9 Å². The van der Waals surface area contributed by atoms with Crippen LogP contribution in [0.5, 0.6) is 0 Å². The fourth-order valence-electron chi connectivity index (χ4n) is 4.77. The van der Waals surface area contributed by atoms with Crippen molar-refractivity contribution in [3.63, 3.8) is 0 Å². The summed E-state index contributed by atoms with van der Waals surface area (Å²) in [5.74, 6) is 0.0360. The maximum atomic E-state index is 13.0. The lowest BCUT2D eigenvalue weighted by atomic mass is 9.99. The number of carbonyl (C=O) groups is 1. The molecule has 2 N–H and O–H groups in total. The Bertz CT molecular complexity index is 844. The third kappa shape index (κ3) is 3.14. The van der Waals surface area contributed by atoms with Gasteiger partial charge in [-0.25, -0.2) is 4.68 Å². The summed E-state index contributed by atoms with van der Waals surface area (Å²) >= 11 is 0. The molecule has 2 fully saturated rings. The van der Waals surface area contributed by atoms with Gasteiger partial charge in [-0.1, -0.05) is 18.1 Å². The first kappa shape index (κ1) is 17.9. The van der Waals surface area contributed by atoms with E-state index >= 15 is 0 Å². The fourth-order valence-corrected chi connectivity index (χ4v) is 4.77. The number of H-pyrrole nitrogens is 1. The first-order valence-electron chi connectivity index (χ1n) is 10.3. The molecular weight excluding hydrogens is 358 g/mol. The number of amides is 1. The monoisotopic (exact) mass is 385 g/mol. The maximum Gasteiger partial charge on any atom is 0.270 e. The Kier molecular flexibility index (Phi) is 4.47. The molecule has 3 aliphatic rings. The highest BCUT2D eigenvalue weighted by atomic mass is 16.5. The molecule has 1 unspecified atom stereocenters. The minimum Gasteiger partial charge on any atom is -0.383 e. The first-order chi connectivity index (χ1) is 13.6. The van der Waals surface area contributed by atoms with Gasteiger partial charge >= 0.3 is 0 Å². The molecule has 28 heavy (non-hydrogen) atoms. The molecule has 0 bridgehead atoms. The molecule has 0 radical (unpaired) electrons. The van der Waals surface area contributed by atoms with Crippen molar-refractivity contribution in [1.82, 2.24) is 24.9 Å². The molecule has 0 spiro atoms. The minimum atomic E-state index is -0.826. The number of piperidine rings is 1. The van der Waals surface area contributed by atoms with Crippen LogP contribution in [0.1, 0.15) is 72.0 Å². The molecule has 1 atom stereocenters. The molecule has 1 saturated heterocycles. The van der Waals surface area contributed by atoms with Crippen molar-refractivity contribution in [1.29, 1.82) is 0 Å². The zero-order chi connectivity index (χ0) is 19.1. The molecule has 0 aromatic carbocycles. The van der Waals surface area contributed by atoms with Crippen LogP contribution in [-0.4, -0.2) is 55.6 Å². The zero-order valence-electron chi connectivity index (χ0n) is 16.1. The molecule has 2 aromatic heterocycles. The Balaban J connectivity index is 1.30. The van der Waals surface area contributed by atoms with Gasteiger partial charge < -0.3 is 19.7 Å². The third-order valence-electron chi connectivity index (χ3n) is 6.45. The van der Waals surface area contributed by atoms with E-state index < -0.39 is 5.60 Å². The highest BCUT2D eigenvalue weighted by Gasteiger charge is 2.36. The number of aromatic amines is 1. The van der Waals surface area contributed by atoms with Gasteiger partial charge in [0.1, 0.15) is 17.0 Å². The quantitative estimate of drug-likeness (QED) is 0.841. The molecule has 1 saturated carbocycles. The molecule has 1 aliphatic carbocycles. The van der Waals surface area contributed by atoms with Gasteiger partial charge in [0.2, 0.25) is 0 Å². The van der Waals surface area contributed by atoms with E-state index in [1.807, 2.05) is 21.8 Å². The van der Waals surface area contributed by atoms with Gasteiger partial charge in [-0.05, 0) is 37.3 Å². The smallest absolute Gasteiger partial charge is 0.270 e. The van der Waals surface area contributed by atoms with Crippen LogP contribution in [0.3, 0.4) is 0 Å². The largest absolute Gasteiger partial charge is 0.383 e.